The number of ether oxygens (including phenoxy) is 1. The van der Waals surface area contributed by atoms with Crippen LogP contribution in [0.1, 0.15) is 24.3 Å². The molecule has 0 aromatic carbocycles. The zero-order valence-electron chi connectivity index (χ0n) is 10.3. The summed E-state index contributed by atoms with van der Waals surface area (Å²) in [5.41, 5.74) is 2.57. The molecular formula is C11H20N4OS. The second-order valence-electron chi connectivity index (χ2n) is 3.60. The van der Waals surface area contributed by atoms with Crippen molar-refractivity contribution in [1.29, 1.82) is 0 Å². The van der Waals surface area contributed by atoms with Crippen LogP contribution in [0, 0.1) is 0 Å². The average molecular weight is 256 g/mol. The van der Waals surface area contributed by atoms with E-state index in [0.717, 1.165) is 6.42 Å². The van der Waals surface area contributed by atoms with Crippen molar-refractivity contribution in [1.82, 2.24) is 10.7 Å². The zero-order valence-corrected chi connectivity index (χ0v) is 11.1. The van der Waals surface area contributed by atoms with Gasteiger partial charge in [-0.1, -0.05) is 6.07 Å². The molecule has 0 aliphatic rings. The van der Waals surface area contributed by atoms with E-state index in [1.807, 2.05) is 6.07 Å². The van der Waals surface area contributed by atoms with Gasteiger partial charge >= 0.3 is 0 Å². The highest BCUT2D eigenvalue weighted by atomic mass is 32.1. The van der Waals surface area contributed by atoms with Gasteiger partial charge in [0.05, 0.1) is 6.04 Å². The molecule has 0 radical (unpaired) electrons. The molecule has 0 saturated heterocycles. The van der Waals surface area contributed by atoms with Crippen LogP contribution < -0.4 is 16.6 Å². The molecule has 1 aromatic rings. The van der Waals surface area contributed by atoms with Gasteiger partial charge in [0.1, 0.15) is 0 Å². The van der Waals surface area contributed by atoms with Gasteiger partial charge in [-0.15, -0.1) is 11.3 Å². The standard InChI is InChI=1S/C11H20N4OS/c1-9(10-5-3-8-17-10)14-11(15-12)13-6-4-7-16-2/h3,5,8-9H,4,6-7,12H2,1-2H3,(H2,13,14,15). The Kier molecular flexibility index (Phi) is 6.61. The summed E-state index contributed by atoms with van der Waals surface area (Å²) < 4.78 is 4.96. The van der Waals surface area contributed by atoms with E-state index in [1.54, 1.807) is 18.4 Å². The summed E-state index contributed by atoms with van der Waals surface area (Å²) in [6, 6.07) is 4.32. The van der Waals surface area contributed by atoms with Gasteiger partial charge in [0.15, 0.2) is 0 Å². The maximum atomic E-state index is 5.42. The summed E-state index contributed by atoms with van der Waals surface area (Å²) in [6.45, 7) is 3.48. The fraction of sp³-hybridized carbons (Fsp3) is 0.545. The second-order valence-corrected chi connectivity index (χ2v) is 4.58. The minimum Gasteiger partial charge on any atom is -0.385 e. The number of thiophene rings is 1. The van der Waals surface area contributed by atoms with E-state index in [2.05, 4.69) is 34.1 Å². The topological polar surface area (TPSA) is 71.7 Å². The first-order valence-electron chi connectivity index (χ1n) is 5.58. The lowest BCUT2D eigenvalue weighted by atomic mass is 10.3. The van der Waals surface area contributed by atoms with E-state index in [4.69, 9.17) is 10.6 Å². The van der Waals surface area contributed by atoms with Crippen LogP contribution in [0.3, 0.4) is 0 Å². The Morgan fingerprint density at radius 1 is 1.65 bits per heavy atom. The number of hydrazine groups is 1. The smallest absolute Gasteiger partial charge is 0.206 e. The maximum Gasteiger partial charge on any atom is 0.206 e. The molecular weight excluding hydrogens is 236 g/mol. The van der Waals surface area contributed by atoms with Gasteiger partial charge < -0.3 is 10.1 Å². The molecule has 1 unspecified atom stereocenters. The van der Waals surface area contributed by atoms with Crippen LogP contribution in [0.2, 0.25) is 0 Å². The van der Waals surface area contributed by atoms with E-state index in [-0.39, 0.29) is 6.04 Å². The highest BCUT2D eigenvalue weighted by Gasteiger charge is 2.07. The number of aliphatic imine (C=N–C) groups is 1. The SMILES string of the molecule is COCCCN=C(NN)NC(C)c1cccs1. The van der Waals surface area contributed by atoms with Gasteiger partial charge in [-0.05, 0) is 24.8 Å². The quantitative estimate of drug-likeness (QED) is 0.235. The van der Waals surface area contributed by atoms with Crippen LogP contribution in [0.4, 0.5) is 0 Å². The van der Waals surface area contributed by atoms with Gasteiger partial charge in [-0.3, -0.25) is 10.4 Å². The van der Waals surface area contributed by atoms with Crippen molar-refractivity contribution in [3.63, 3.8) is 0 Å². The number of methoxy groups -OCH3 is 1. The third-order valence-electron chi connectivity index (χ3n) is 2.24. The van der Waals surface area contributed by atoms with E-state index in [9.17, 15) is 0 Å². The third-order valence-corrected chi connectivity index (χ3v) is 3.29. The molecule has 1 aromatic heterocycles. The second kappa shape index (κ2) is 8.05. The molecule has 96 valence electrons. The summed E-state index contributed by atoms with van der Waals surface area (Å²) >= 11 is 1.71. The monoisotopic (exact) mass is 256 g/mol. The predicted octanol–water partition coefficient (Wildman–Crippen LogP) is 1.25. The van der Waals surface area contributed by atoms with Gasteiger partial charge in [-0.2, -0.15) is 0 Å². The lowest BCUT2D eigenvalue weighted by molar-refractivity contribution is 0.197. The molecule has 0 spiro atoms. The molecule has 1 heterocycles. The lowest BCUT2D eigenvalue weighted by Gasteiger charge is -2.15. The summed E-state index contributed by atoms with van der Waals surface area (Å²) in [5, 5.41) is 5.28. The number of nitrogens with two attached hydrogens (primary N) is 1. The number of hydrogen-bond donors (Lipinski definition) is 3. The molecule has 0 fully saturated rings. The Morgan fingerprint density at radius 2 is 2.47 bits per heavy atom. The van der Waals surface area contributed by atoms with Crippen molar-refractivity contribution >= 4 is 17.3 Å². The van der Waals surface area contributed by atoms with E-state index in [1.165, 1.54) is 4.88 Å². The Bertz CT molecular complexity index is 326. The number of nitrogens with one attached hydrogen (secondary N) is 2. The van der Waals surface area contributed by atoms with E-state index in [0.29, 0.717) is 19.1 Å². The predicted molar refractivity (Wildman–Crippen MR) is 72.0 cm³/mol. The molecule has 5 nitrogen and oxygen atoms in total. The summed E-state index contributed by atoms with van der Waals surface area (Å²) in [5.74, 6) is 6.03. The number of nitrogens with zero attached hydrogens (tertiary/aromatic N) is 1. The van der Waals surface area contributed by atoms with E-state index >= 15 is 0 Å². The van der Waals surface area contributed by atoms with Crippen LogP contribution in [0.5, 0.6) is 0 Å². The van der Waals surface area contributed by atoms with Crippen molar-refractivity contribution in [2.75, 3.05) is 20.3 Å². The van der Waals surface area contributed by atoms with Gasteiger partial charge in [-0.25, -0.2) is 5.84 Å². The number of rotatable bonds is 6. The van der Waals surface area contributed by atoms with Crippen LogP contribution in [0.15, 0.2) is 22.5 Å². The highest BCUT2D eigenvalue weighted by Crippen LogP contribution is 2.17. The highest BCUT2D eigenvalue weighted by molar-refractivity contribution is 7.10. The first-order chi connectivity index (χ1) is 8.27. The van der Waals surface area contributed by atoms with Crippen LogP contribution in [-0.2, 0) is 4.74 Å². The molecule has 0 amide bonds. The van der Waals surface area contributed by atoms with Crippen LogP contribution in [0.25, 0.3) is 0 Å². The largest absolute Gasteiger partial charge is 0.385 e. The Morgan fingerprint density at radius 3 is 3.06 bits per heavy atom. The van der Waals surface area contributed by atoms with Crippen LogP contribution in [-0.4, -0.2) is 26.2 Å². The minimum absolute atomic E-state index is 0.201. The molecule has 6 heteroatoms. The third kappa shape index (κ3) is 5.16. The van der Waals surface area contributed by atoms with Gasteiger partial charge in [0, 0.05) is 25.1 Å². The first-order valence-corrected chi connectivity index (χ1v) is 6.45. The Labute approximate surface area is 106 Å². The minimum atomic E-state index is 0.201. The van der Waals surface area contributed by atoms with E-state index < -0.39 is 0 Å². The summed E-state index contributed by atoms with van der Waals surface area (Å²) in [4.78, 5) is 5.58. The molecule has 0 saturated carbocycles. The van der Waals surface area contributed by atoms with Crippen molar-refractivity contribution in [2.45, 2.75) is 19.4 Å². The summed E-state index contributed by atoms with van der Waals surface area (Å²) in [6.07, 6.45) is 0.886. The molecule has 0 aliphatic carbocycles. The fourth-order valence-corrected chi connectivity index (χ4v) is 2.08. The van der Waals surface area contributed by atoms with Gasteiger partial charge in [0.25, 0.3) is 0 Å². The van der Waals surface area contributed by atoms with Gasteiger partial charge in [0.2, 0.25) is 5.96 Å². The van der Waals surface area contributed by atoms with Crippen LogP contribution >= 0.6 is 11.3 Å². The molecule has 1 rings (SSSR count). The molecule has 4 N–H and O–H groups in total. The van der Waals surface area contributed by atoms with Crippen molar-refractivity contribution < 1.29 is 4.74 Å². The van der Waals surface area contributed by atoms with Crippen molar-refractivity contribution in [3.05, 3.63) is 22.4 Å². The molecule has 17 heavy (non-hydrogen) atoms. The molecule has 0 aliphatic heterocycles. The number of guanidine groups is 1. The Balaban J connectivity index is 2.40. The molecule has 0 bridgehead atoms. The zero-order chi connectivity index (χ0) is 12.5. The number of hydrogen-bond acceptors (Lipinski definition) is 4. The molecule has 1 atom stereocenters. The van der Waals surface area contributed by atoms with Crippen molar-refractivity contribution in [3.8, 4) is 0 Å². The fourth-order valence-electron chi connectivity index (χ4n) is 1.35. The average Bonchev–Trinajstić information content (AvgIpc) is 2.86. The Hall–Kier alpha value is -1.11. The normalized spacial score (nSPS) is 13.5. The summed E-state index contributed by atoms with van der Waals surface area (Å²) in [7, 11) is 1.68. The van der Waals surface area contributed by atoms with Crippen molar-refractivity contribution in [2.24, 2.45) is 10.8 Å². The lowest BCUT2D eigenvalue weighted by Crippen LogP contribution is -2.42. The first kappa shape index (κ1) is 14.0. The maximum absolute atomic E-state index is 5.42.